The summed E-state index contributed by atoms with van der Waals surface area (Å²) in [7, 11) is -2.53. The number of carbonyl (C=O) groups is 2. The van der Waals surface area contributed by atoms with Crippen LogP contribution in [0.4, 0.5) is 5.69 Å². The lowest BCUT2D eigenvalue weighted by atomic mass is 10.0. The number of rotatable bonds is 12. The second kappa shape index (κ2) is 13.5. The largest absolute Gasteiger partial charge is 0.497 e. The fourth-order valence-electron chi connectivity index (χ4n) is 4.22. The average molecular weight is 566 g/mol. The van der Waals surface area contributed by atoms with Crippen LogP contribution in [0.15, 0.2) is 77.7 Å². The summed E-state index contributed by atoms with van der Waals surface area (Å²) in [6.07, 6.45) is 0. The zero-order valence-electron chi connectivity index (χ0n) is 24.0. The highest BCUT2D eigenvalue weighted by Gasteiger charge is 2.32. The number of benzene rings is 3. The second-order valence-corrected chi connectivity index (χ2v) is 11.9. The van der Waals surface area contributed by atoms with E-state index in [1.807, 2.05) is 31.2 Å². The third kappa shape index (κ3) is 7.41. The minimum atomic E-state index is -4.10. The smallest absolute Gasteiger partial charge is 0.264 e. The van der Waals surface area contributed by atoms with Crippen LogP contribution in [0, 0.1) is 6.92 Å². The average Bonchev–Trinajstić information content (AvgIpc) is 2.94. The predicted molar refractivity (Wildman–Crippen MR) is 158 cm³/mol. The first-order valence-corrected chi connectivity index (χ1v) is 14.8. The van der Waals surface area contributed by atoms with Crippen LogP contribution in [-0.2, 0) is 26.2 Å². The monoisotopic (exact) mass is 565 g/mol. The van der Waals surface area contributed by atoms with Crippen LogP contribution >= 0.6 is 0 Å². The molecule has 8 nitrogen and oxygen atoms in total. The number of hydrogen-bond acceptors (Lipinski definition) is 5. The first kappa shape index (κ1) is 30.7. The van der Waals surface area contributed by atoms with Gasteiger partial charge in [-0.3, -0.25) is 13.9 Å². The van der Waals surface area contributed by atoms with Crippen LogP contribution in [-0.4, -0.2) is 51.4 Å². The van der Waals surface area contributed by atoms with E-state index in [-0.39, 0.29) is 23.3 Å². The molecule has 0 radical (unpaired) electrons. The maximum absolute atomic E-state index is 13.9. The van der Waals surface area contributed by atoms with Crippen molar-refractivity contribution in [2.75, 3.05) is 24.5 Å². The molecule has 0 unspecified atom stereocenters. The minimum absolute atomic E-state index is 0.0808. The van der Waals surface area contributed by atoms with E-state index in [0.717, 1.165) is 21.0 Å². The first-order chi connectivity index (χ1) is 19.0. The molecule has 0 fully saturated rings. The second-order valence-electron chi connectivity index (χ2n) is 10.0. The Labute approximate surface area is 238 Å². The van der Waals surface area contributed by atoms with E-state index in [1.54, 1.807) is 57.4 Å². The Bertz CT molecular complexity index is 1390. The van der Waals surface area contributed by atoms with Crippen molar-refractivity contribution < 1.29 is 22.7 Å². The molecule has 0 heterocycles. The molecule has 0 aliphatic heterocycles. The molecule has 40 heavy (non-hydrogen) atoms. The highest BCUT2D eigenvalue weighted by molar-refractivity contribution is 7.92. The molecule has 214 valence electrons. The van der Waals surface area contributed by atoms with Crippen LogP contribution in [0.2, 0.25) is 0 Å². The van der Waals surface area contributed by atoms with E-state index in [4.69, 9.17) is 4.74 Å². The maximum atomic E-state index is 13.9. The molecule has 0 aliphatic carbocycles. The molecule has 0 aliphatic rings. The fourth-order valence-corrected chi connectivity index (χ4v) is 5.64. The summed E-state index contributed by atoms with van der Waals surface area (Å²) >= 11 is 0. The highest BCUT2D eigenvalue weighted by Crippen LogP contribution is 2.27. The first-order valence-electron chi connectivity index (χ1n) is 13.4. The third-order valence-corrected chi connectivity index (χ3v) is 8.55. The number of amides is 2. The Kier molecular flexibility index (Phi) is 10.3. The van der Waals surface area contributed by atoms with Crippen molar-refractivity contribution in [1.82, 2.24) is 10.2 Å². The number of nitrogens with one attached hydrogen (secondary N) is 1. The number of nitrogens with zero attached hydrogens (tertiary/aromatic N) is 2. The van der Waals surface area contributed by atoms with Gasteiger partial charge in [-0.05, 0) is 74.2 Å². The zero-order valence-corrected chi connectivity index (χ0v) is 24.9. The van der Waals surface area contributed by atoms with Crippen molar-refractivity contribution in [3.63, 3.8) is 0 Å². The lowest BCUT2D eigenvalue weighted by Gasteiger charge is -2.32. The molecule has 1 N–H and O–H groups in total. The molecule has 1 atom stereocenters. The molecule has 0 spiro atoms. The van der Waals surface area contributed by atoms with E-state index in [2.05, 4.69) is 19.2 Å². The molecule has 0 bridgehead atoms. The lowest BCUT2D eigenvalue weighted by Crippen LogP contribution is -2.51. The molecular weight excluding hydrogens is 526 g/mol. The van der Waals surface area contributed by atoms with Crippen LogP contribution < -0.4 is 14.4 Å². The van der Waals surface area contributed by atoms with Crippen molar-refractivity contribution in [3.8, 4) is 5.75 Å². The Balaban J connectivity index is 2.03. The van der Waals surface area contributed by atoms with Crippen molar-refractivity contribution in [3.05, 3.63) is 89.5 Å². The van der Waals surface area contributed by atoms with Gasteiger partial charge in [-0.2, -0.15) is 0 Å². The topological polar surface area (TPSA) is 96.0 Å². The van der Waals surface area contributed by atoms with Crippen molar-refractivity contribution in [2.24, 2.45) is 0 Å². The summed E-state index contributed by atoms with van der Waals surface area (Å²) in [5.74, 6) is 0.103. The van der Waals surface area contributed by atoms with Gasteiger partial charge in [-0.1, -0.05) is 55.8 Å². The van der Waals surface area contributed by atoms with Gasteiger partial charge in [0.15, 0.2) is 0 Å². The Morgan fingerprint density at radius 1 is 0.900 bits per heavy atom. The zero-order chi connectivity index (χ0) is 29.4. The lowest BCUT2D eigenvalue weighted by molar-refractivity contribution is -0.139. The van der Waals surface area contributed by atoms with E-state index in [0.29, 0.717) is 18.0 Å². The van der Waals surface area contributed by atoms with Gasteiger partial charge in [0.2, 0.25) is 11.8 Å². The van der Waals surface area contributed by atoms with Crippen LogP contribution in [0.5, 0.6) is 5.75 Å². The summed E-state index contributed by atoms with van der Waals surface area (Å²) in [5.41, 5.74) is 3.12. The van der Waals surface area contributed by atoms with Crippen molar-refractivity contribution in [2.45, 2.75) is 58.0 Å². The van der Waals surface area contributed by atoms with Crippen LogP contribution in [0.25, 0.3) is 0 Å². The van der Waals surface area contributed by atoms with Gasteiger partial charge in [-0.25, -0.2) is 8.42 Å². The Morgan fingerprint density at radius 3 is 2.02 bits per heavy atom. The fraction of sp³-hybridized carbons (Fsp3) is 0.355. The van der Waals surface area contributed by atoms with Crippen molar-refractivity contribution >= 4 is 27.5 Å². The number of sulfonamides is 1. The van der Waals surface area contributed by atoms with Gasteiger partial charge >= 0.3 is 0 Å². The third-order valence-electron chi connectivity index (χ3n) is 6.77. The molecular formula is C31H39N3O5S. The summed E-state index contributed by atoms with van der Waals surface area (Å²) in [6.45, 7) is 9.48. The quantitative estimate of drug-likeness (QED) is 0.338. The molecule has 3 aromatic rings. The van der Waals surface area contributed by atoms with E-state index < -0.39 is 28.5 Å². The van der Waals surface area contributed by atoms with E-state index in [9.17, 15) is 18.0 Å². The van der Waals surface area contributed by atoms with Gasteiger partial charge in [0.25, 0.3) is 10.0 Å². The van der Waals surface area contributed by atoms with Crippen molar-refractivity contribution in [1.29, 1.82) is 0 Å². The molecule has 3 rings (SSSR count). The number of ether oxygens (including phenoxy) is 1. The molecule has 2 amide bonds. The summed E-state index contributed by atoms with van der Waals surface area (Å²) in [4.78, 5) is 28.2. The number of methoxy groups -OCH3 is 1. The Morgan fingerprint density at radius 2 is 1.50 bits per heavy atom. The van der Waals surface area contributed by atoms with E-state index >= 15 is 0 Å². The summed E-state index contributed by atoms with van der Waals surface area (Å²) in [5, 5.41) is 2.76. The normalized spacial score (nSPS) is 12.1. The molecule has 0 aromatic heterocycles. The molecule has 3 aromatic carbocycles. The SMILES string of the molecule is CCNC(=O)[C@@H](C)N(Cc1ccc(OC)cc1)C(=O)CN(c1ccc(C(C)C)cc1)S(=O)(=O)c1ccc(C)cc1. The number of aryl methyl sites for hydroxylation is 1. The maximum Gasteiger partial charge on any atom is 0.264 e. The van der Waals surface area contributed by atoms with Gasteiger partial charge in [0.05, 0.1) is 17.7 Å². The van der Waals surface area contributed by atoms with Gasteiger partial charge in [0, 0.05) is 13.1 Å². The standard InChI is InChI=1S/C31H39N3O5S/c1-7-32-31(36)24(5)33(20-25-10-16-28(39-6)17-11-25)30(35)21-34(27-14-12-26(13-15-27)22(2)3)40(37,38)29-18-8-23(4)9-19-29/h8-19,22,24H,7,20-21H2,1-6H3,(H,32,36)/t24-/m1/s1. The molecule has 0 saturated carbocycles. The molecule has 0 saturated heterocycles. The number of anilines is 1. The summed E-state index contributed by atoms with van der Waals surface area (Å²) < 4.78 is 34.2. The van der Waals surface area contributed by atoms with Gasteiger partial charge < -0.3 is 15.0 Å². The van der Waals surface area contributed by atoms with E-state index in [1.165, 1.54) is 17.0 Å². The highest BCUT2D eigenvalue weighted by atomic mass is 32.2. The molecule has 9 heteroatoms. The van der Waals surface area contributed by atoms with Gasteiger partial charge in [0.1, 0.15) is 18.3 Å². The minimum Gasteiger partial charge on any atom is -0.497 e. The number of hydrogen-bond donors (Lipinski definition) is 1. The van der Waals surface area contributed by atoms with Crippen LogP contribution in [0.3, 0.4) is 0 Å². The number of carbonyl (C=O) groups excluding carboxylic acids is 2. The van der Waals surface area contributed by atoms with Crippen LogP contribution in [0.1, 0.15) is 50.3 Å². The Hall–Kier alpha value is -3.85. The van der Waals surface area contributed by atoms with Gasteiger partial charge in [-0.15, -0.1) is 0 Å². The summed E-state index contributed by atoms with van der Waals surface area (Å²) in [6, 6.07) is 20.1. The predicted octanol–water partition coefficient (Wildman–Crippen LogP) is 4.88. The number of likely N-dealkylation sites (N-methyl/N-ethyl adjacent to an activating group) is 1.